The summed E-state index contributed by atoms with van der Waals surface area (Å²) < 4.78 is 1.16. The number of nitrogens with zero attached hydrogens (tertiary/aromatic N) is 3. The van der Waals surface area contributed by atoms with E-state index in [1.807, 2.05) is 6.07 Å². The summed E-state index contributed by atoms with van der Waals surface area (Å²) in [7, 11) is 1.56. The fraction of sp³-hybridized carbons (Fsp3) is 0.190. The topological polar surface area (TPSA) is 156 Å². The van der Waals surface area contributed by atoms with E-state index in [2.05, 4.69) is 10.3 Å². The van der Waals surface area contributed by atoms with E-state index in [0.717, 1.165) is 21.1 Å². The highest BCUT2D eigenvalue weighted by Crippen LogP contribution is 2.26. The summed E-state index contributed by atoms with van der Waals surface area (Å²) in [5.74, 6) is -0.864. The van der Waals surface area contributed by atoms with Crippen LogP contribution in [0, 0.1) is 10.1 Å². The van der Waals surface area contributed by atoms with Gasteiger partial charge < -0.3 is 16.0 Å². The van der Waals surface area contributed by atoms with Crippen LogP contribution < -0.4 is 27.2 Å². The molecule has 166 valence electrons. The normalized spacial score (nSPS) is 10.6. The minimum Gasteiger partial charge on any atom is -0.387 e. The molecule has 11 heteroatoms. The first-order valence-corrected chi connectivity index (χ1v) is 9.73. The number of nitrogen functional groups attached to an aromatic ring is 1. The lowest BCUT2D eigenvalue weighted by atomic mass is 10.1. The molecule has 0 aliphatic heterocycles. The number of nitro groups is 1. The number of non-ortho nitro benzene ring substituents is 1. The molecule has 2 aromatic carbocycles. The van der Waals surface area contributed by atoms with Crippen molar-refractivity contribution >= 4 is 28.8 Å². The van der Waals surface area contributed by atoms with Gasteiger partial charge in [0, 0.05) is 31.4 Å². The molecule has 0 atom stereocenters. The summed E-state index contributed by atoms with van der Waals surface area (Å²) in [6, 6.07) is 12.8. The minimum absolute atomic E-state index is 0.0110. The Kier molecular flexibility index (Phi) is 6.38. The van der Waals surface area contributed by atoms with Crippen LogP contribution in [0.4, 0.5) is 22.9 Å². The molecule has 1 aromatic heterocycles. The fourth-order valence-electron chi connectivity index (χ4n) is 3.35. The number of carbonyl (C=O) groups excluding carboxylic acids is 1. The molecule has 32 heavy (non-hydrogen) atoms. The number of hydrogen-bond donors (Lipinski definition) is 3. The van der Waals surface area contributed by atoms with Crippen LogP contribution in [0.2, 0.25) is 0 Å². The fourth-order valence-corrected chi connectivity index (χ4v) is 3.35. The molecule has 0 fully saturated rings. The van der Waals surface area contributed by atoms with E-state index < -0.39 is 22.1 Å². The van der Waals surface area contributed by atoms with Gasteiger partial charge in [-0.15, -0.1) is 0 Å². The maximum absolute atomic E-state index is 13.4. The van der Waals surface area contributed by atoms with E-state index in [-0.39, 0.29) is 35.8 Å². The molecule has 11 nitrogen and oxygen atoms in total. The Hall–Kier alpha value is -4.41. The number of amides is 1. The Balaban J connectivity index is 2.13. The number of hydrogen-bond acceptors (Lipinski definition) is 7. The lowest BCUT2D eigenvalue weighted by Crippen LogP contribution is -2.41. The number of carbonyl (C=O) groups is 1. The molecule has 0 bridgehead atoms. The summed E-state index contributed by atoms with van der Waals surface area (Å²) in [6.07, 6.45) is 0. The van der Waals surface area contributed by atoms with Gasteiger partial charge in [0.15, 0.2) is 5.69 Å². The van der Waals surface area contributed by atoms with E-state index in [4.69, 9.17) is 5.73 Å². The number of anilines is 3. The number of aromatic nitrogens is 2. The Morgan fingerprint density at radius 2 is 1.91 bits per heavy atom. The van der Waals surface area contributed by atoms with Gasteiger partial charge in [-0.25, -0.2) is 4.79 Å². The molecule has 0 aliphatic carbocycles. The summed E-state index contributed by atoms with van der Waals surface area (Å²) in [5.41, 5.74) is 5.27. The van der Waals surface area contributed by atoms with Crippen molar-refractivity contribution in [3.8, 4) is 0 Å². The molecule has 0 saturated heterocycles. The predicted octanol–water partition coefficient (Wildman–Crippen LogP) is 1.78. The van der Waals surface area contributed by atoms with Crippen LogP contribution in [0.25, 0.3) is 0 Å². The molecule has 0 aliphatic rings. The summed E-state index contributed by atoms with van der Waals surface area (Å²) in [4.78, 5) is 52.3. The lowest BCUT2D eigenvalue weighted by Gasteiger charge is -2.24. The van der Waals surface area contributed by atoms with Gasteiger partial charge in [-0.2, -0.15) is 0 Å². The molecular formula is C21H22N6O5. The van der Waals surface area contributed by atoms with Crippen molar-refractivity contribution in [3.05, 3.63) is 90.6 Å². The van der Waals surface area contributed by atoms with Gasteiger partial charge in [0.2, 0.25) is 0 Å². The van der Waals surface area contributed by atoms with Crippen LogP contribution >= 0.6 is 0 Å². The minimum atomic E-state index is -0.830. The number of benzene rings is 2. The van der Waals surface area contributed by atoms with E-state index in [1.54, 1.807) is 38.2 Å². The van der Waals surface area contributed by atoms with Gasteiger partial charge in [0.1, 0.15) is 5.82 Å². The molecule has 3 rings (SSSR count). The lowest BCUT2D eigenvalue weighted by molar-refractivity contribution is -0.384. The molecule has 3 aromatic rings. The van der Waals surface area contributed by atoms with Gasteiger partial charge >= 0.3 is 5.69 Å². The van der Waals surface area contributed by atoms with Crippen LogP contribution in [-0.2, 0) is 6.54 Å². The second kappa shape index (κ2) is 9.16. The standard InChI is InChI=1S/C21H22N6O5/c1-3-25(20(29)15-11-14(27(31)32)9-10-16(15)23-2)17-18(22)26(21(30)24-19(17)28)12-13-7-5-4-6-8-13/h4-11,23H,3,12,22H2,1-2H3,(H,24,28,30). The molecule has 0 radical (unpaired) electrons. The number of nitrogens with one attached hydrogen (secondary N) is 2. The number of nitro benzene ring substituents is 1. The third-order valence-electron chi connectivity index (χ3n) is 4.94. The van der Waals surface area contributed by atoms with Crippen LogP contribution in [0.3, 0.4) is 0 Å². The monoisotopic (exact) mass is 438 g/mol. The average Bonchev–Trinajstić information content (AvgIpc) is 2.79. The van der Waals surface area contributed by atoms with Crippen molar-refractivity contribution in [2.45, 2.75) is 13.5 Å². The van der Waals surface area contributed by atoms with Crippen molar-refractivity contribution in [2.75, 3.05) is 29.5 Å². The second-order valence-electron chi connectivity index (χ2n) is 6.85. The van der Waals surface area contributed by atoms with E-state index in [1.165, 1.54) is 12.1 Å². The van der Waals surface area contributed by atoms with Gasteiger partial charge in [-0.05, 0) is 18.6 Å². The molecule has 4 N–H and O–H groups in total. The SMILES string of the molecule is CCN(C(=O)c1cc([N+](=O)[O-])ccc1NC)c1c(N)n(Cc2ccccc2)c(=O)[nH]c1=O. The Morgan fingerprint density at radius 3 is 2.50 bits per heavy atom. The van der Waals surface area contributed by atoms with Crippen molar-refractivity contribution in [1.82, 2.24) is 9.55 Å². The van der Waals surface area contributed by atoms with Gasteiger partial charge in [0.05, 0.1) is 17.0 Å². The molecule has 0 spiro atoms. The highest BCUT2D eigenvalue weighted by Gasteiger charge is 2.27. The first-order valence-electron chi connectivity index (χ1n) is 9.73. The Labute approximate surface area is 182 Å². The quantitative estimate of drug-likeness (QED) is 0.375. The summed E-state index contributed by atoms with van der Waals surface area (Å²) in [6.45, 7) is 1.74. The Bertz CT molecular complexity index is 1280. The maximum Gasteiger partial charge on any atom is 0.330 e. The maximum atomic E-state index is 13.4. The number of nitrogens with two attached hydrogens (primary N) is 1. The second-order valence-corrected chi connectivity index (χ2v) is 6.85. The molecule has 0 saturated carbocycles. The van der Waals surface area contributed by atoms with Gasteiger partial charge in [-0.1, -0.05) is 30.3 Å². The predicted molar refractivity (Wildman–Crippen MR) is 121 cm³/mol. The van der Waals surface area contributed by atoms with Gasteiger partial charge in [-0.3, -0.25) is 29.3 Å². The zero-order valence-corrected chi connectivity index (χ0v) is 17.5. The average molecular weight is 438 g/mol. The highest BCUT2D eigenvalue weighted by atomic mass is 16.6. The van der Waals surface area contributed by atoms with E-state index >= 15 is 0 Å². The summed E-state index contributed by atoms with van der Waals surface area (Å²) >= 11 is 0. The number of H-pyrrole nitrogens is 1. The van der Waals surface area contributed by atoms with E-state index in [0.29, 0.717) is 5.69 Å². The smallest absolute Gasteiger partial charge is 0.330 e. The third-order valence-corrected chi connectivity index (χ3v) is 4.94. The Morgan fingerprint density at radius 1 is 1.22 bits per heavy atom. The van der Waals surface area contributed by atoms with E-state index in [9.17, 15) is 24.5 Å². The molecular weight excluding hydrogens is 416 g/mol. The third kappa shape index (κ3) is 4.21. The molecule has 1 heterocycles. The van der Waals surface area contributed by atoms with Crippen LogP contribution in [0.5, 0.6) is 0 Å². The van der Waals surface area contributed by atoms with Crippen molar-refractivity contribution < 1.29 is 9.72 Å². The first kappa shape index (κ1) is 22.3. The first-order chi connectivity index (χ1) is 15.3. The van der Waals surface area contributed by atoms with Crippen LogP contribution in [0.15, 0.2) is 58.1 Å². The molecule has 1 amide bonds. The van der Waals surface area contributed by atoms with Gasteiger partial charge in [0.25, 0.3) is 17.2 Å². The van der Waals surface area contributed by atoms with Crippen molar-refractivity contribution in [2.24, 2.45) is 0 Å². The molecule has 0 unspecified atom stereocenters. The van der Waals surface area contributed by atoms with Crippen molar-refractivity contribution in [1.29, 1.82) is 0 Å². The largest absolute Gasteiger partial charge is 0.387 e. The zero-order valence-electron chi connectivity index (χ0n) is 17.5. The van der Waals surface area contributed by atoms with Crippen molar-refractivity contribution in [3.63, 3.8) is 0 Å². The summed E-state index contributed by atoms with van der Waals surface area (Å²) in [5, 5.41) is 14.0. The highest BCUT2D eigenvalue weighted by molar-refractivity contribution is 6.10. The van der Waals surface area contributed by atoms with Crippen LogP contribution in [0.1, 0.15) is 22.8 Å². The number of rotatable bonds is 7. The van der Waals surface area contributed by atoms with Crippen LogP contribution in [-0.4, -0.2) is 34.0 Å². The zero-order chi connectivity index (χ0) is 23.4. The number of aromatic amines is 1.